The second kappa shape index (κ2) is 14.5. The minimum atomic E-state index is -4.33. The summed E-state index contributed by atoms with van der Waals surface area (Å²) < 4.78 is 42.8. The van der Waals surface area contributed by atoms with Crippen molar-refractivity contribution < 1.29 is 22.4 Å². The molecule has 11 heteroatoms. The highest BCUT2D eigenvalue weighted by Gasteiger charge is 2.35. The summed E-state index contributed by atoms with van der Waals surface area (Å²) in [4.78, 5) is 29.1. The van der Waals surface area contributed by atoms with Gasteiger partial charge in [-0.3, -0.25) is 13.9 Å². The topological polar surface area (TPSA) is 86.8 Å². The molecular weight excluding hydrogens is 612 g/mol. The second-order valence-corrected chi connectivity index (χ2v) is 12.3. The van der Waals surface area contributed by atoms with Gasteiger partial charge in [-0.1, -0.05) is 89.9 Å². The largest absolute Gasteiger partial charge is 0.355 e. The highest BCUT2D eigenvalue weighted by Crippen LogP contribution is 2.29. The van der Waals surface area contributed by atoms with Gasteiger partial charge in [0.15, 0.2) is 0 Å². The molecule has 0 bridgehead atoms. The van der Waals surface area contributed by atoms with Gasteiger partial charge in [0.1, 0.15) is 18.4 Å². The fourth-order valence-corrected chi connectivity index (χ4v) is 6.34. The van der Waals surface area contributed by atoms with Gasteiger partial charge >= 0.3 is 0 Å². The van der Waals surface area contributed by atoms with Crippen molar-refractivity contribution in [3.8, 4) is 0 Å². The number of nitrogens with zero attached hydrogens (tertiary/aromatic N) is 2. The van der Waals surface area contributed by atoms with E-state index < -0.39 is 40.2 Å². The number of nitrogens with one attached hydrogen (secondary N) is 1. The van der Waals surface area contributed by atoms with E-state index in [0.717, 1.165) is 22.0 Å². The normalized spacial score (nSPS) is 11.9. The minimum absolute atomic E-state index is 0.0149. The van der Waals surface area contributed by atoms with Crippen LogP contribution >= 0.6 is 23.2 Å². The first kappa shape index (κ1) is 32.0. The first-order valence-electron chi connectivity index (χ1n) is 13.5. The van der Waals surface area contributed by atoms with Crippen LogP contribution in [-0.2, 0) is 32.6 Å². The minimum Gasteiger partial charge on any atom is -0.355 e. The van der Waals surface area contributed by atoms with Gasteiger partial charge in [-0.05, 0) is 54.4 Å². The van der Waals surface area contributed by atoms with Crippen molar-refractivity contribution in [1.82, 2.24) is 10.2 Å². The lowest BCUT2D eigenvalue weighted by Gasteiger charge is -2.34. The number of anilines is 1. The van der Waals surface area contributed by atoms with E-state index in [9.17, 15) is 22.4 Å². The van der Waals surface area contributed by atoms with Crippen LogP contribution in [0.3, 0.4) is 0 Å². The van der Waals surface area contributed by atoms with E-state index in [0.29, 0.717) is 17.1 Å². The maximum atomic E-state index is 14.3. The summed E-state index contributed by atoms with van der Waals surface area (Å²) in [5.41, 5.74) is 1.36. The molecule has 0 aliphatic rings. The monoisotopic (exact) mass is 641 g/mol. The molecule has 0 saturated carbocycles. The van der Waals surface area contributed by atoms with Crippen LogP contribution in [0.5, 0.6) is 0 Å². The second-order valence-electron chi connectivity index (χ2n) is 9.64. The van der Waals surface area contributed by atoms with Crippen LogP contribution in [0.25, 0.3) is 0 Å². The first-order chi connectivity index (χ1) is 20.6. The molecule has 0 spiro atoms. The van der Waals surface area contributed by atoms with Gasteiger partial charge < -0.3 is 10.2 Å². The predicted octanol–water partition coefficient (Wildman–Crippen LogP) is 6.10. The Morgan fingerprint density at radius 3 is 2.12 bits per heavy atom. The lowest BCUT2D eigenvalue weighted by atomic mass is 10.0. The maximum absolute atomic E-state index is 14.3. The number of halogens is 3. The Bertz CT molecular complexity index is 1670. The zero-order valence-corrected chi connectivity index (χ0v) is 25.6. The van der Waals surface area contributed by atoms with Gasteiger partial charge in [0.25, 0.3) is 10.0 Å². The molecule has 1 atom stereocenters. The van der Waals surface area contributed by atoms with Crippen molar-refractivity contribution >= 4 is 50.7 Å². The maximum Gasteiger partial charge on any atom is 0.264 e. The summed E-state index contributed by atoms with van der Waals surface area (Å²) in [6.07, 6.45) is 0.163. The van der Waals surface area contributed by atoms with Crippen LogP contribution in [0.15, 0.2) is 108 Å². The molecule has 7 nitrogen and oxygen atoms in total. The third kappa shape index (κ3) is 7.93. The number of hydrogen-bond acceptors (Lipinski definition) is 4. The highest BCUT2D eigenvalue weighted by molar-refractivity contribution is 7.92. The summed E-state index contributed by atoms with van der Waals surface area (Å²) in [5.74, 6) is -1.82. The van der Waals surface area contributed by atoms with Crippen LogP contribution in [-0.4, -0.2) is 44.3 Å². The van der Waals surface area contributed by atoms with E-state index >= 15 is 0 Å². The Balaban J connectivity index is 1.81. The molecule has 0 unspecified atom stereocenters. The van der Waals surface area contributed by atoms with Gasteiger partial charge in [0, 0.05) is 24.5 Å². The number of amides is 2. The molecule has 0 fully saturated rings. The van der Waals surface area contributed by atoms with E-state index in [2.05, 4.69) is 5.32 Å². The molecule has 0 radical (unpaired) electrons. The van der Waals surface area contributed by atoms with Crippen molar-refractivity contribution in [1.29, 1.82) is 0 Å². The first-order valence-corrected chi connectivity index (χ1v) is 15.7. The van der Waals surface area contributed by atoms with Gasteiger partial charge in [0.2, 0.25) is 11.8 Å². The number of sulfonamides is 1. The molecular formula is C32H30Cl2FN3O4S. The molecule has 4 aromatic rings. The van der Waals surface area contributed by atoms with Crippen LogP contribution in [0, 0.1) is 5.82 Å². The average molecular weight is 643 g/mol. The Kier molecular flexibility index (Phi) is 10.8. The average Bonchev–Trinajstić information content (AvgIpc) is 3.01. The standard InChI is InChI=1S/C32H30Cl2FN3O4S/c1-2-36-32(40)30(19-23-11-5-3-6-12-23)37(21-24-13-9-10-16-27(24)33)31(39)22-38(25-17-18-29(35)28(34)20-25)43(41,42)26-14-7-4-8-15-26/h3-18,20,30H,2,19,21-22H2,1H3,(H,36,40)/t30-/m1/s1. The zero-order chi connectivity index (χ0) is 31.0. The van der Waals surface area contributed by atoms with E-state index in [1.54, 1.807) is 49.4 Å². The van der Waals surface area contributed by atoms with Crippen molar-refractivity contribution in [2.45, 2.75) is 30.8 Å². The molecule has 2 amide bonds. The predicted molar refractivity (Wildman–Crippen MR) is 167 cm³/mol. The molecule has 4 rings (SSSR count). The van der Waals surface area contributed by atoms with Gasteiger partial charge in [-0.25, -0.2) is 12.8 Å². The van der Waals surface area contributed by atoms with Crippen LogP contribution in [0.4, 0.5) is 10.1 Å². The van der Waals surface area contributed by atoms with Crippen molar-refractivity contribution in [2.24, 2.45) is 0 Å². The van der Waals surface area contributed by atoms with E-state index in [1.165, 1.54) is 23.1 Å². The summed E-state index contributed by atoms with van der Waals surface area (Å²) >= 11 is 12.5. The number of carbonyl (C=O) groups is 2. The Labute approximate surface area is 260 Å². The Morgan fingerprint density at radius 2 is 1.49 bits per heavy atom. The number of hydrogen-bond donors (Lipinski definition) is 1. The van der Waals surface area contributed by atoms with Crippen molar-refractivity contribution in [3.63, 3.8) is 0 Å². The number of benzene rings is 4. The molecule has 43 heavy (non-hydrogen) atoms. The Hall–Kier alpha value is -3.92. The Morgan fingerprint density at radius 1 is 0.860 bits per heavy atom. The molecule has 224 valence electrons. The van der Waals surface area contributed by atoms with E-state index in [4.69, 9.17) is 23.2 Å². The summed E-state index contributed by atoms with van der Waals surface area (Å²) in [6.45, 7) is 1.32. The van der Waals surface area contributed by atoms with Crippen molar-refractivity contribution in [3.05, 3.63) is 130 Å². The third-order valence-electron chi connectivity index (χ3n) is 6.72. The van der Waals surface area contributed by atoms with E-state index in [-0.39, 0.29) is 28.6 Å². The molecule has 0 heterocycles. The van der Waals surface area contributed by atoms with Crippen molar-refractivity contribution in [2.75, 3.05) is 17.4 Å². The lowest BCUT2D eigenvalue weighted by molar-refractivity contribution is -0.140. The molecule has 0 saturated heterocycles. The van der Waals surface area contributed by atoms with Gasteiger partial charge in [-0.2, -0.15) is 0 Å². The fourth-order valence-electron chi connectivity index (χ4n) is 4.54. The number of rotatable bonds is 12. The van der Waals surface area contributed by atoms with Crippen LogP contribution in [0.2, 0.25) is 10.0 Å². The molecule has 0 aromatic heterocycles. The summed E-state index contributed by atoms with van der Waals surface area (Å²) in [5, 5.41) is 2.87. The zero-order valence-electron chi connectivity index (χ0n) is 23.3. The molecule has 0 aliphatic heterocycles. The summed E-state index contributed by atoms with van der Waals surface area (Å²) in [6, 6.07) is 26.1. The summed E-state index contributed by atoms with van der Waals surface area (Å²) in [7, 11) is -4.33. The highest BCUT2D eigenvalue weighted by atomic mass is 35.5. The molecule has 0 aliphatic carbocycles. The number of carbonyl (C=O) groups excluding carboxylic acids is 2. The van der Waals surface area contributed by atoms with Crippen LogP contribution in [0.1, 0.15) is 18.1 Å². The number of likely N-dealkylation sites (N-methyl/N-ethyl adjacent to an activating group) is 1. The fraction of sp³-hybridized carbons (Fsp3) is 0.188. The smallest absolute Gasteiger partial charge is 0.264 e. The quantitative estimate of drug-likeness (QED) is 0.202. The molecule has 4 aromatic carbocycles. The SMILES string of the molecule is CCNC(=O)[C@@H](Cc1ccccc1)N(Cc1ccccc1Cl)C(=O)CN(c1ccc(F)c(Cl)c1)S(=O)(=O)c1ccccc1. The third-order valence-corrected chi connectivity index (χ3v) is 9.17. The van der Waals surface area contributed by atoms with Gasteiger partial charge in [-0.15, -0.1) is 0 Å². The van der Waals surface area contributed by atoms with Gasteiger partial charge in [0.05, 0.1) is 15.6 Å². The van der Waals surface area contributed by atoms with Crippen LogP contribution < -0.4 is 9.62 Å². The van der Waals surface area contributed by atoms with E-state index in [1.807, 2.05) is 30.3 Å². The lowest BCUT2D eigenvalue weighted by Crippen LogP contribution is -2.53. The molecule has 1 N–H and O–H groups in total.